The molecule has 1 rings (SSSR count). The zero-order valence-corrected chi connectivity index (χ0v) is 11.3. The molecule has 0 unspecified atom stereocenters. The van der Waals surface area contributed by atoms with E-state index in [1.54, 1.807) is 0 Å². The van der Waals surface area contributed by atoms with Gasteiger partial charge in [-0.05, 0) is 32.5 Å². The topological polar surface area (TPSA) is 90.2 Å². The van der Waals surface area contributed by atoms with Crippen LogP contribution in [-0.4, -0.2) is 18.3 Å². The molecule has 1 aromatic rings. The van der Waals surface area contributed by atoms with Crippen LogP contribution in [-0.2, 0) is 9.05 Å². The number of hydrogen-bond donors (Lipinski definition) is 0. The Balaban J connectivity index is 3.72. The van der Waals surface area contributed by atoms with E-state index in [0.29, 0.717) is 6.20 Å². The Morgan fingerprint density at radius 3 is 2.41 bits per heavy atom. The van der Waals surface area contributed by atoms with Gasteiger partial charge in [0, 0.05) is 10.7 Å². The summed E-state index contributed by atoms with van der Waals surface area (Å²) < 4.78 is 46.7. The molecular weight excluding hydrogens is 396 g/mol. The van der Waals surface area contributed by atoms with Crippen molar-refractivity contribution in [3.8, 4) is 0 Å². The summed E-state index contributed by atoms with van der Waals surface area (Å²) in [6, 6.07) is 0. The van der Waals surface area contributed by atoms with Gasteiger partial charge in [-0.1, -0.05) is 0 Å². The maximum absolute atomic E-state index is 12.5. The highest BCUT2D eigenvalue weighted by molar-refractivity contribution is 14.1. The average molecular weight is 399 g/mol. The summed E-state index contributed by atoms with van der Waals surface area (Å²) in [7, 11) is 0.430. The lowest BCUT2D eigenvalue weighted by atomic mass is 10.3. The second-order valence-corrected chi connectivity index (χ2v) is 6.26. The lowest BCUT2D eigenvalue weighted by Crippen LogP contribution is -2.07. The first-order chi connectivity index (χ1) is 7.66. The third-order valence-electron chi connectivity index (χ3n) is 1.63. The SMILES string of the molecule is O=[N+]([O-])c1ncc(C(F)F)c(I)c1S(=O)(=O)Cl. The number of hydrogen-bond acceptors (Lipinski definition) is 5. The smallest absolute Gasteiger partial charge is 0.358 e. The number of nitro groups is 1. The molecule has 0 spiro atoms. The van der Waals surface area contributed by atoms with E-state index in [0.717, 1.165) is 0 Å². The van der Waals surface area contributed by atoms with Gasteiger partial charge in [0.15, 0.2) is 4.90 Å². The standard InChI is InChI=1S/C6H2ClF2IN2O4S/c7-17(15,16)4-3(10)2(5(8)9)1-11-6(4)12(13)14/h1,5H. The molecule has 17 heavy (non-hydrogen) atoms. The molecule has 11 heteroatoms. The van der Waals surface area contributed by atoms with Gasteiger partial charge in [-0.2, -0.15) is 0 Å². The second kappa shape index (κ2) is 4.94. The lowest BCUT2D eigenvalue weighted by Gasteiger charge is -2.05. The Morgan fingerprint density at radius 2 is 2.06 bits per heavy atom. The predicted molar refractivity (Wildman–Crippen MR) is 61.6 cm³/mol. The van der Waals surface area contributed by atoms with E-state index in [1.807, 2.05) is 0 Å². The molecule has 0 saturated heterocycles. The van der Waals surface area contributed by atoms with Gasteiger partial charge in [0.25, 0.3) is 15.5 Å². The molecule has 1 aromatic heterocycles. The first-order valence-electron chi connectivity index (χ1n) is 3.72. The summed E-state index contributed by atoms with van der Waals surface area (Å²) in [4.78, 5) is 11.5. The summed E-state index contributed by atoms with van der Waals surface area (Å²) in [6.07, 6.45) is -2.46. The normalized spacial score (nSPS) is 11.8. The van der Waals surface area contributed by atoms with Crippen LogP contribution in [0.15, 0.2) is 11.1 Å². The molecule has 0 amide bonds. The van der Waals surface area contributed by atoms with E-state index in [4.69, 9.17) is 10.7 Å². The van der Waals surface area contributed by atoms with Crippen molar-refractivity contribution in [2.24, 2.45) is 0 Å². The van der Waals surface area contributed by atoms with Crippen molar-refractivity contribution in [3.63, 3.8) is 0 Å². The van der Waals surface area contributed by atoms with Crippen LogP contribution in [0.3, 0.4) is 0 Å². The molecule has 0 atom stereocenters. The molecule has 6 nitrogen and oxygen atoms in total. The van der Waals surface area contributed by atoms with E-state index in [2.05, 4.69) is 4.98 Å². The molecule has 0 N–H and O–H groups in total. The van der Waals surface area contributed by atoms with Gasteiger partial charge in [-0.15, -0.1) is 0 Å². The molecule has 0 aromatic carbocycles. The van der Waals surface area contributed by atoms with E-state index in [1.165, 1.54) is 22.6 Å². The van der Waals surface area contributed by atoms with Crippen LogP contribution in [0.25, 0.3) is 0 Å². The monoisotopic (exact) mass is 398 g/mol. The summed E-state index contributed by atoms with van der Waals surface area (Å²) in [5.41, 5.74) is -0.726. The summed E-state index contributed by atoms with van der Waals surface area (Å²) in [5.74, 6) is -1.08. The van der Waals surface area contributed by atoms with E-state index < -0.39 is 40.2 Å². The van der Waals surface area contributed by atoms with Gasteiger partial charge in [-0.25, -0.2) is 17.2 Å². The van der Waals surface area contributed by atoms with E-state index in [-0.39, 0.29) is 0 Å². The van der Waals surface area contributed by atoms with Crippen LogP contribution >= 0.6 is 33.3 Å². The Bertz CT molecular complexity index is 580. The van der Waals surface area contributed by atoms with Crippen molar-refractivity contribution >= 4 is 48.1 Å². The molecule has 0 bridgehead atoms. The summed E-state index contributed by atoms with van der Waals surface area (Å²) >= 11 is 1.25. The first kappa shape index (κ1) is 14.4. The number of rotatable bonds is 3. The number of halogens is 4. The first-order valence-corrected chi connectivity index (χ1v) is 7.10. The van der Waals surface area contributed by atoms with Crippen molar-refractivity contribution in [3.05, 3.63) is 25.4 Å². The molecule has 1 heterocycles. The third kappa shape index (κ3) is 2.98. The molecule has 94 valence electrons. The molecule has 0 aliphatic carbocycles. The minimum Gasteiger partial charge on any atom is -0.358 e. The molecule has 0 fully saturated rings. The van der Waals surface area contributed by atoms with Gasteiger partial charge < -0.3 is 10.1 Å². The van der Waals surface area contributed by atoms with Gasteiger partial charge >= 0.3 is 5.82 Å². The number of aromatic nitrogens is 1. The highest BCUT2D eigenvalue weighted by Crippen LogP contribution is 2.35. The fourth-order valence-electron chi connectivity index (χ4n) is 0.973. The van der Waals surface area contributed by atoms with Gasteiger partial charge in [0.05, 0.1) is 9.13 Å². The molecule has 0 aliphatic rings. The number of pyridine rings is 1. The lowest BCUT2D eigenvalue weighted by molar-refractivity contribution is -0.392. The Labute approximate surface area is 112 Å². The van der Waals surface area contributed by atoms with Crippen molar-refractivity contribution in [2.75, 3.05) is 0 Å². The summed E-state index contributed by atoms with van der Waals surface area (Å²) in [5, 5.41) is 10.5. The molecule has 0 radical (unpaired) electrons. The number of nitrogens with zero attached hydrogens (tertiary/aromatic N) is 2. The van der Waals surface area contributed by atoms with Crippen molar-refractivity contribution < 1.29 is 22.1 Å². The largest absolute Gasteiger partial charge is 0.384 e. The fourth-order valence-corrected chi connectivity index (χ4v) is 3.97. The van der Waals surface area contributed by atoms with Gasteiger partial charge in [0.2, 0.25) is 0 Å². The Morgan fingerprint density at radius 1 is 1.53 bits per heavy atom. The maximum Gasteiger partial charge on any atom is 0.384 e. The van der Waals surface area contributed by atoms with Crippen molar-refractivity contribution in [1.29, 1.82) is 0 Å². The molecular formula is C6H2ClF2IN2O4S. The van der Waals surface area contributed by atoms with Crippen molar-refractivity contribution in [1.82, 2.24) is 4.98 Å². The van der Waals surface area contributed by atoms with Crippen LogP contribution in [0.2, 0.25) is 0 Å². The van der Waals surface area contributed by atoms with Crippen LogP contribution in [0.1, 0.15) is 12.0 Å². The Kier molecular flexibility index (Phi) is 4.19. The second-order valence-electron chi connectivity index (χ2n) is 2.68. The quantitative estimate of drug-likeness (QED) is 0.338. The molecule has 0 saturated carbocycles. The summed E-state index contributed by atoms with van der Waals surface area (Å²) in [6.45, 7) is 0. The fraction of sp³-hybridized carbons (Fsp3) is 0.167. The minimum absolute atomic E-state index is 0.505. The zero-order valence-electron chi connectivity index (χ0n) is 7.60. The third-order valence-corrected chi connectivity index (χ3v) is 4.50. The average Bonchev–Trinajstić information content (AvgIpc) is 2.14. The van der Waals surface area contributed by atoms with E-state index >= 15 is 0 Å². The maximum atomic E-state index is 12.5. The van der Waals surface area contributed by atoms with Crippen LogP contribution in [0.5, 0.6) is 0 Å². The highest BCUT2D eigenvalue weighted by atomic mass is 127. The number of alkyl halides is 2. The van der Waals surface area contributed by atoms with Gasteiger partial charge in [0.1, 0.15) is 6.20 Å². The van der Waals surface area contributed by atoms with Crippen LogP contribution < -0.4 is 0 Å². The highest BCUT2D eigenvalue weighted by Gasteiger charge is 2.33. The molecule has 0 aliphatic heterocycles. The van der Waals surface area contributed by atoms with Crippen LogP contribution in [0, 0.1) is 13.7 Å². The van der Waals surface area contributed by atoms with Gasteiger partial charge in [-0.3, -0.25) is 0 Å². The van der Waals surface area contributed by atoms with E-state index in [9.17, 15) is 27.3 Å². The van der Waals surface area contributed by atoms with Crippen LogP contribution in [0.4, 0.5) is 14.6 Å². The van der Waals surface area contributed by atoms with Crippen molar-refractivity contribution in [2.45, 2.75) is 11.3 Å². The minimum atomic E-state index is -4.54. The zero-order chi connectivity index (χ0) is 13.4. The Hall–Kier alpha value is -0.620. The predicted octanol–water partition coefficient (Wildman–Crippen LogP) is 2.46.